The molecule has 86 valence electrons. The number of nitrogens with zero attached hydrogens (tertiary/aromatic N) is 1. The van der Waals surface area contributed by atoms with Crippen LogP contribution in [0.15, 0.2) is 0 Å². The highest BCUT2D eigenvalue weighted by atomic mass is 16.5. The van der Waals surface area contributed by atoms with Crippen LogP contribution in [0.4, 0.5) is 0 Å². The van der Waals surface area contributed by atoms with E-state index in [0.717, 1.165) is 25.9 Å². The second-order valence-electron chi connectivity index (χ2n) is 4.48. The highest BCUT2D eigenvalue weighted by molar-refractivity contribution is 4.95. The molecule has 1 fully saturated rings. The molecule has 3 nitrogen and oxygen atoms in total. The van der Waals surface area contributed by atoms with Crippen LogP contribution in [0.1, 0.15) is 39.0 Å². The fraction of sp³-hybridized carbons (Fsp3) is 0.917. The summed E-state index contributed by atoms with van der Waals surface area (Å²) in [5.41, 5.74) is 0. The Kier molecular flexibility index (Phi) is 5.67. The van der Waals surface area contributed by atoms with E-state index in [-0.39, 0.29) is 5.92 Å². The van der Waals surface area contributed by atoms with Gasteiger partial charge in [-0.05, 0) is 26.2 Å². The van der Waals surface area contributed by atoms with Gasteiger partial charge in [-0.1, -0.05) is 12.8 Å². The zero-order valence-electron chi connectivity index (χ0n) is 9.83. The molecule has 15 heavy (non-hydrogen) atoms. The lowest BCUT2D eigenvalue weighted by atomic mass is 9.85. The minimum absolute atomic E-state index is 0.212. The molecule has 1 aliphatic carbocycles. The molecule has 0 aliphatic heterocycles. The Morgan fingerprint density at radius 2 is 2.20 bits per heavy atom. The largest absolute Gasteiger partial charge is 0.385 e. The van der Waals surface area contributed by atoms with Crippen LogP contribution in [0, 0.1) is 17.2 Å². The second kappa shape index (κ2) is 6.81. The van der Waals surface area contributed by atoms with Gasteiger partial charge in [-0.3, -0.25) is 0 Å². The third-order valence-corrected chi connectivity index (χ3v) is 3.19. The van der Waals surface area contributed by atoms with Gasteiger partial charge in [-0.2, -0.15) is 5.26 Å². The van der Waals surface area contributed by atoms with E-state index in [4.69, 9.17) is 10.00 Å². The maximum atomic E-state index is 9.04. The maximum absolute atomic E-state index is 9.04. The summed E-state index contributed by atoms with van der Waals surface area (Å²) in [6.07, 6.45) is 5.70. The predicted molar refractivity (Wildman–Crippen MR) is 60.4 cm³/mol. The minimum atomic E-state index is 0.212. The van der Waals surface area contributed by atoms with Crippen LogP contribution >= 0.6 is 0 Å². The molecule has 0 radical (unpaired) electrons. The molecule has 0 spiro atoms. The molecular formula is C12H22N2O. The first kappa shape index (κ1) is 12.5. The molecule has 1 aliphatic rings. The number of rotatable bonds is 5. The average molecular weight is 210 g/mol. The Balaban J connectivity index is 2.31. The van der Waals surface area contributed by atoms with Gasteiger partial charge in [0.2, 0.25) is 0 Å². The van der Waals surface area contributed by atoms with E-state index in [9.17, 15) is 0 Å². The van der Waals surface area contributed by atoms with Crippen molar-refractivity contribution in [1.29, 1.82) is 5.26 Å². The normalized spacial score (nSPS) is 28.3. The molecule has 3 atom stereocenters. The maximum Gasteiger partial charge on any atom is 0.0672 e. The molecule has 1 N–H and O–H groups in total. The summed E-state index contributed by atoms with van der Waals surface area (Å²) in [6, 6.07) is 3.27. The predicted octanol–water partition coefficient (Wildman–Crippen LogP) is 2.08. The Bertz CT molecular complexity index is 212. The van der Waals surface area contributed by atoms with Gasteiger partial charge in [0.15, 0.2) is 0 Å². The van der Waals surface area contributed by atoms with E-state index in [1.165, 1.54) is 12.8 Å². The molecule has 0 aromatic heterocycles. The molecule has 0 bridgehead atoms. The SMILES string of the molecule is COCCC(C)NC1CCCCC1C#N. The topological polar surface area (TPSA) is 45.0 Å². The lowest BCUT2D eigenvalue weighted by Crippen LogP contribution is -2.43. The fourth-order valence-corrected chi connectivity index (χ4v) is 2.23. The van der Waals surface area contributed by atoms with E-state index in [0.29, 0.717) is 12.1 Å². The number of hydrogen-bond donors (Lipinski definition) is 1. The van der Waals surface area contributed by atoms with Gasteiger partial charge in [0.25, 0.3) is 0 Å². The van der Waals surface area contributed by atoms with Crippen LogP contribution in [-0.2, 0) is 4.74 Å². The quantitative estimate of drug-likeness (QED) is 0.755. The van der Waals surface area contributed by atoms with Gasteiger partial charge in [0.1, 0.15) is 0 Å². The van der Waals surface area contributed by atoms with Crippen LogP contribution in [0.3, 0.4) is 0 Å². The molecule has 3 unspecified atom stereocenters. The Morgan fingerprint density at radius 3 is 2.87 bits per heavy atom. The average Bonchev–Trinajstić information content (AvgIpc) is 2.27. The van der Waals surface area contributed by atoms with Gasteiger partial charge < -0.3 is 10.1 Å². The van der Waals surface area contributed by atoms with Crippen molar-refractivity contribution in [1.82, 2.24) is 5.32 Å². The van der Waals surface area contributed by atoms with E-state index < -0.39 is 0 Å². The number of nitriles is 1. The van der Waals surface area contributed by atoms with E-state index in [1.807, 2.05) is 0 Å². The van der Waals surface area contributed by atoms with Crippen LogP contribution in [0.2, 0.25) is 0 Å². The Labute approximate surface area is 92.8 Å². The van der Waals surface area contributed by atoms with Crippen molar-refractivity contribution in [3.63, 3.8) is 0 Å². The Hall–Kier alpha value is -0.590. The smallest absolute Gasteiger partial charge is 0.0672 e. The van der Waals surface area contributed by atoms with Crippen LogP contribution in [0.25, 0.3) is 0 Å². The van der Waals surface area contributed by atoms with Gasteiger partial charge in [-0.15, -0.1) is 0 Å². The molecular weight excluding hydrogens is 188 g/mol. The monoisotopic (exact) mass is 210 g/mol. The van der Waals surface area contributed by atoms with E-state index in [2.05, 4.69) is 18.3 Å². The molecule has 1 saturated carbocycles. The first-order valence-electron chi connectivity index (χ1n) is 5.92. The van der Waals surface area contributed by atoms with Gasteiger partial charge in [0.05, 0.1) is 12.0 Å². The van der Waals surface area contributed by atoms with E-state index in [1.54, 1.807) is 7.11 Å². The summed E-state index contributed by atoms with van der Waals surface area (Å²) in [5.74, 6) is 0.212. The standard InChI is InChI=1S/C12H22N2O/c1-10(7-8-15-2)14-12-6-4-3-5-11(12)9-13/h10-12,14H,3-8H2,1-2H3. The summed E-state index contributed by atoms with van der Waals surface area (Å²) in [4.78, 5) is 0. The summed E-state index contributed by atoms with van der Waals surface area (Å²) in [7, 11) is 1.73. The molecule has 1 rings (SSSR count). The number of ether oxygens (including phenoxy) is 1. The lowest BCUT2D eigenvalue weighted by molar-refractivity contribution is 0.177. The van der Waals surface area contributed by atoms with Crippen molar-refractivity contribution in [3.8, 4) is 6.07 Å². The van der Waals surface area contributed by atoms with Crippen molar-refractivity contribution in [2.24, 2.45) is 5.92 Å². The molecule has 0 saturated heterocycles. The van der Waals surface area contributed by atoms with Gasteiger partial charge in [0, 0.05) is 25.8 Å². The highest BCUT2D eigenvalue weighted by Crippen LogP contribution is 2.24. The van der Waals surface area contributed by atoms with Crippen molar-refractivity contribution in [2.75, 3.05) is 13.7 Å². The molecule has 0 aromatic rings. The summed E-state index contributed by atoms with van der Waals surface area (Å²) in [6.45, 7) is 2.96. The van der Waals surface area contributed by atoms with Crippen molar-refractivity contribution < 1.29 is 4.74 Å². The van der Waals surface area contributed by atoms with E-state index >= 15 is 0 Å². The molecule has 0 aromatic carbocycles. The van der Waals surface area contributed by atoms with Crippen molar-refractivity contribution in [3.05, 3.63) is 0 Å². The minimum Gasteiger partial charge on any atom is -0.385 e. The third-order valence-electron chi connectivity index (χ3n) is 3.19. The van der Waals surface area contributed by atoms with Crippen LogP contribution < -0.4 is 5.32 Å². The zero-order chi connectivity index (χ0) is 11.1. The molecule has 0 amide bonds. The molecule has 3 heteroatoms. The molecule has 0 heterocycles. The zero-order valence-corrected chi connectivity index (χ0v) is 9.83. The summed E-state index contributed by atoms with van der Waals surface area (Å²) in [5, 5.41) is 12.6. The van der Waals surface area contributed by atoms with Crippen LogP contribution in [-0.4, -0.2) is 25.8 Å². The Morgan fingerprint density at radius 1 is 1.47 bits per heavy atom. The first-order chi connectivity index (χ1) is 7.27. The second-order valence-corrected chi connectivity index (χ2v) is 4.48. The fourth-order valence-electron chi connectivity index (χ4n) is 2.23. The lowest BCUT2D eigenvalue weighted by Gasteiger charge is -2.30. The highest BCUT2D eigenvalue weighted by Gasteiger charge is 2.25. The van der Waals surface area contributed by atoms with Crippen molar-refractivity contribution >= 4 is 0 Å². The summed E-state index contributed by atoms with van der Waals surface area (Å²) < 4.78 is 5.05. The number of methoxy groups -OCH3 is 1. The third kappa shape index (κ3) is 4.19. The number of hydrogen-bond acceptors (Lipinski definition) is 3. The number of nitrogens with one attached hydrogen (secondary N) is 1. The summed E-state index contributed by atoms with van der Waals surface area (Å²) >= 11 is 0. The van der Waals surface area contributed by atoms with Gasteiger partial charge >= 0.3 is 0 Å². The van der Waals surface area contributed by atoms with Gasteiger partial charge in [-0.25, -0.2) is 0 Å². The first-order valence-corrected chi connectivity index (χ1v) is 5.92. The van der Waals surface area contributed by atoms with Crippen molar-refractivity contribution in [2.45, 2.75) is 51.1 Å². The van der Waals surface area contributed by atoms with Crippen LogP contribution in [0.5, 0.6) is 0 Å².